The third kappa shape index (κ3) is 3.34. The van der Waals surface area contributed by atoms with Gasteiger partial charge in [0, 0.05) is 12.4 Å². The molecule has 1 heterocycles. The minimum Gasteiger partial charge on any atom is -0.480 e. The Morgan fingerprint density at radius 2 is 2.35 bits per heavy atom. The van der Waals surface area contributed by atoms with E-state index in [1.807, 2.05) is 0 Å². The van der Waals surface area contributed by atoms with Crippen molar-refractivity contribution in [3.05, 3.63) is 18.5 Å². The van der Waals surface area contributed by atoms with Gasteiger partial charge in [-0.15, -0.1) is 6.42 Å². The van der Waals surface area contributed by atoms with E-state index in [0.29, 0.717) is 0 Å². The van der Waals surface area contributed by atoms with Gasteiger partial charge < -0.3 is 10.0 Å². The Morgan fingerprint density at radius 3 is 2.82 bits per heavy atom. The largest absolute Gasteiger partial charge is 0.480 e. The third-order valence-corrected chi connectivity index (χ3v) is 2.20. The molecule has 0 aliphatic heterocycles. The maximum absolute atomic E-state index is 12.0. The van der Waals surface area contributed by atoms with Gasteiger partial charge >= 0.3 is 5.97 Å². The summed E-state index contributed by atoms with van der Waals surface area (Å²) in [5, 5.41) is 12.6. The molecule has 90 valence electrons. The maximum Gasteiger partial charge on any atom is 0.323 e. The minimum absolute atomic E-state index is 0.0310. The van der Waals surface area contributed by atoms with Crippen molar-refractivity contribution >= 4 is 11.9 Å². The van der Waals surface area contributed by atoms with Crippen LogP contribution in [0.1, 0.15) is 13.0 Å². The number of nitrogens with zero attached hydrogens (tertiary/aromatic N) is 3. The van der Waals surface area contributed by atoms with Crippen LogP contribution in [0.25, 0.3) is 0 Å². The van der Waals surface area contributed by atoms with E-state index in [9.17, 15) is 9.59 Å². The van der Waals surface area contributed by atoms with Crippen molar-refractivity contribution in [1.29, 1.82) is 0 Å². The molecule has 1 N–H and O–H groups in total. The van der Waals surface area contributed by atoms with E-state index in [4.69, 9.17) is 11.5 Å². The molecule has 1 aromatic rings. The topological polar surface area (TPSA) is 75.4 Å². The number of terminal acetylenes is 1. The summed E-state index contributed by atoms with van der Waals surface area (Å²) in [6.07, 6.45) is 8.29. The lowest BCUT2D eigenvalue weighted by molar-refractivity contribution is -0.145. The minimum atomic E-state index is -1.10. The van der Waals surface area contributed by atoms with E-state index in [-0.39, 0.29) is 12.5 Å². The Morgan fingerprint density at radius 1 is 1.65 bits per heavy atom. The Labute approximate surface area is 98.8 Å². The van der Waals surface area contributed by atoms with Crippen molar-refractivity contribution in [2.24, 2.45) is 0 Å². The molecule has 0 saturated carbocycles. The summed E-state index contributed by atoms with van der Waals surface area (Å²) in [4.78, 5) is 23.7. The van der Waals surface area contributed by atoms with Gasteiger partial charge in [-0.3, -0.25) is 14.3 Å². The fourth-order valence-corrected chi connectivity index (χ4v) is 1.37. The normalized spacial score (nSPS) is 11.5. The molecule has 0 saturated heterocycles. The molecule has 1 rings (SSSR count). The van der Waals surface area contributed by atoms with Gasteiger partial charge in [0.05, 0.1) is 6.54 Å². The first-order valence-corrected chi connectivity index (χ1v) is 4.99. The van der Waals surface area contributed by atoms with Gasteiger partial charge in [-0.25, -0.2) is 0 Å². The number of carbonyl (C=O) groups is 2. The quantitative estimate of drug-likeness (QED) is 0.728. The first-order chi connectivity index (χ1) is 8.06. The van der Waals surface area contributed by atoms with Crippen LogP contribution in [0.15, 0.2) is 18.5 Å². The van der Waals surface area contributed by atoms with E-state index in [2.05, 4.69) is 11.0 Å². The van der Waals surface area contributed by atoms with Crippen LogP contribution in [-0.4, -0.2) is 44.8 Å². The summed E-state index contributed by atoms with van der Waals surface area (Å²) < 4.78 is 1.45. The standard InChI is InChI=1S/C11H13N3O3/c1-3-6-13(8-10(15)16)11(17)9(2)14-7-4-5-12-14/h1,4-5,7,9H,6,8H2,2H3,(H,15,16). The summed E-state index contributed by atoms with van der Waals surface area (Å²) in [7, 11) is 0. The van der Waals surface area contributed by atoms with Crippen molar-refractivity contribution in [1.82, 2.24) is 14.7 Å². The number of aliphatic carboxylic acids is 1. The number of carboxylic acids is 1. The van der Waals surface area contributed by atoms with Crippen LogP contribution in [0.2, 0.25) is 0 Å². The van der Waals surface area contributed by atoms with Crippen molar-refractivity contribution in [2.45, 2.75) is 13.0 Å². The molecule has 0 aliphatic rings. The molecular formula is C11H13N3O3. The molecule has 0 aliphatic carbocycles. The molecule has 1 aromatic heterocycles. The van der Waals surface area contributed by atoms with Gasteiger partial charge in [0.25, 0.3) is 0 Å². The van der Waals surface area contributed by atoms with Crippen LogP contribution in [0, 0.1) is 12.3 Å². The Hall–Kier alpha value is -2.29. The van der Waals surface area contributed by atoms with Gasteiger partial charge in [-0.2, -0.15) is 5.10 Å². The molecule has 0 aromatic carbocycles. The van der Waals surface area contributed by atoms with Crippen LogP contribution in [-0.2, 0) is 9.59 Å². The molecule has 17 heavy (non-hydrogen) atoms. The predicted octanol–water partition coefficient (Wildman–Crippen LogP) is -0.00950. The zero-order valence-corrected chi connectivity index (χ0v) is 9.41. The number of carbonyl (C=O) groups excluding carboxylic acids is 1. The van der Waals surface area contributed by atoms with Crippen LogP contribution >= 0.6 is 0 Å². The lowest BCUT2D eigenvalue weighted by Gasteiger charge is -2.22. The van der Waals surface area contributed by atoms with E-state index in [1.54, 1.807) is 25.4 Å². The SMILES string of the molecule is C#CCN(CC(=O)O)C(=O)C(C)n1cccn1. The van der Waals surface area contributed by atoms with Gasteiger partial charge in [-0.1, -0.05) is 5.92 Å². The lowest BCUT2D eigenvalue weighted by Crippen LogP contribution is -2.40. The van der Waals surface area contributed by atoms with Crippen LogP contribution in [0.4, 0.5) is 0 Å². The number of hydrogen-bond acceptors (Lipinski definition) is 3. The highest BCUT2D eigenvalue weighted by Gasteiger charge is 2.23. The van der Waals surface area contributed by atoms with Crippen LogP contribution in [0.3, 0.4) is 0 Å². The zero-order valence-electron chi connectivity index (χ0n) is 9.41. The van der Waals surface area contributed by atoms with Gasteiger partial charge in [0.1, 0.15) is 12.6 Å². The smallest absolute Gasteiger partial charge is 0.323 e. The Kier molecular flexibility index (Phi) is 4.29. The van der Waals surface area contributed by atoms with Gasteiger partial charge in [-0.05, 0) is 13.0 Å². The van der Waals surface area contributed by atoms with Crippen molar-refractivity contribution in [2.75, 3.05) is 13.1 Å². The highest BCUT2D eigenvalue weighted by atomic mass is 16.4. The van der Waals surface area contributed by atoms with Gasteiger partial charge in [0.2, 0.25) is 5.91 Å². The number of hydrogen-bond donors (Lipinski definition) is 1. The lowest BCUT2D eigenvalue weighted by atomic mass is 10.3. The molecule has 0 radical (unpaired) electrons. The number of amides is 1. The summed E-state index contributed by atoms with van der Waals surface area (Å²) in [5.74, 6) is 0.804. The maximum atomic E-state index is 12.0. The van der Waals surface area contributed by atoms with Crippen LogP contribution in [0.5, 0.6) is 0 Å². The molecule has 0 bridgehead atoms. The molecule has 0 spiro atoms. The Balaban J connectivity index is 2.77. The second-order valence-corrected chi connectivity index (χ2v) is 3.45. The van der Waals surface area contributed by atoms with E-state index >= 15 is 0 Å². The van der Waals surface area contributed by atoms with Gasteiger partial charge in [0.15, 0.2) is 0 Å². The average molecular weight is 235 g/mol. The van der Waals surface area contributed by atoms with Crippen molar-refractivity contribution in [3.63, 3.8) is 0 Å². The summed E-state index contributed by atoms with van der Waals surface area (Å²) in [6.45, 7) is 1.20. The predicted molar refractivity (Wildman–Crippen MR) is 60.0 cm³/mol. The highest BCUT2D eigenvalue weighted by Crippen LogP contribution is 2.08. The molecule has 1 atom stereocenters. The van der Waals surface area contributed by atoms with E-state index in [1.165, 1.54) is 4.68 Å². The fraction of sp³-hybridized carbons (Fsp3) is 0.364. The fourth-order valence-electron chi connectivity index (χ4n) is 1.37. The number of carboxylic acid groups (broad SMARTS) is 1. The summed E-state index contributed by atoms with van der Waals surface area (Å²) >= 11 is 0. The Bertz CT molecular complexity index is 433. The molecule has 0 fully saturated rings. The number of rotatable bonds is 5. The monoisotopic (exact) mass is 235 g/mol. The van der Waals surface area contributed by atoms with E-state index < -0.39 is 18.6 Å². The average Bonchev–Trinajstić information content (AvgIpc) is 2.79. The molecule has 1 amide bonds. The van der Waals surface area contributed by atoms with Crippen molar-refractivity contribution < 1.29 is 14.7 Å². The first kappa shape index (κ1) is 12.8. The van der Waals surface area contributed by atoms with Crippen molar-refractivity contribution in [3.8, 4) is 12.3 Å². The molecule has 6 nitrogen and oxygen atoms in total. The summed E-state index contributed by atoms with van der Waals surface area (Å²) in [6, 6.07) is 1.12. The first-order valence-electron chi connectivity index (χ1n) is 4.99. The third-order valence-electron chi connectivity index (χ3n) is 2.20. The highest BCUT2D eigenvalue weighted by molar-refractivity contribution is 5.84. The molecular weight excluding hydrogens is 222 g/mol. The zero-order chi connectivity index (χ0) is 12.8. The second kappa shape index (κ2) is 5.70. The second-order valence-electron chi connectivity index (χ2n) is 3.45. The number of aromatic nitrogens is 2. The molecule has 6 heteroatoms. The van der Waals surface area contributed by atoms with Crippen LogP contribution < -0.4 is 0 Å². The van der Waals surface area contributed by atoms with E-state index in [0.717, 1.165) is 4.90 Å². The summed E-state index contributed by atoms with van der Waals surface area (Å²) in [5.41, 5.74) is 0. The molecule has 1 unspecified atom stereocenters.